The van der Waals surface area contributed by atoms with Gasteiger partial charge in [-0.1, -0.05) is 12.1 Å². The molecule has 2 aromatic carbocycles. The van der Waals surface area contributed by atoms with Crippen LogP contribution in [0.4, 0.5) is 5.69 Å². The molecule has 0 spiro atoms. The van der Waals surface area contributed by atoms with E-state index in [1.54, 1.807) is 18.2 Å². The van der Waals surface area contributed by atoms with E-state index in [1.165, 1.54) is 14.0 Å². The number of nitrogens with zero attached hydrogens (tertiary/aromatic N) is 1. The van der Waals surface area contributed by atoms with Crippen LogP contribution in [0.1, 0.15) is 12.8 Å². The summed E-state index contributed by atoms with van der Waals surface area (Å²) in [6.45, 7) is 1.65. The topological polar surface area (TPSA) is 73.6 Å². The Bertz CT molecular complexity index is 808. The average molecular weight is 312 g/mol. The number of anilines is 1. The summed E-state index contributed by atoms with van der Waals surface area (Å²) in [5.74, 6) is 1.45. The molecule has 0 unspecified atom stereocenters. The number of nitrogens with one attached hydrogen (secondary N) is 1. The van der Waals surface area contributed by atoms with Crippen LogP contribution in [0.5, 0.6) is 11.5 Å². The number of benzene rings is 2. The third kappa shape index (κ3) is 3.42. The smallest absolute Gasteiger partial charge is 0.233 e. The Morgan fingerprint density at radius 2 is 2.09 bits per heavy atom. The molecule has 0 radical (unpaired) electrons. The Labute approximate surface area is 133 Å². The average Bonchev–Trinajstić information content (AvgIpc) is 2.96. The van der Waals surface area contributed by atoms with E-state index in [0.717, 1.165) is 11.1 Å². The normalized spacial score (nSPS) is 10.5. The third-order valence-corrected chi connectivity index (χ3v) is 3.18. The Morgan fingerprint density at radius 1 is 1.26 bits per heavy atom. The summed E-state index contributed by atoms with van der Waals surface area (Å²) >= 11 is 0. The Kier molecular flexibility index (Phi) is 4.14. The molecule has 3 rings (SSSR count). The number of hydrogen-bond donors (Lipinski definition) is 1. The van der Waals surface area contributed by atoms with Crippen molar-refractivity contribution in [1.29, 1.82) is 0 Å². The molecule has 0 bridgehead atoms. The number of carbonyl (C=O) groups is 1. The lowest BCUT2D eigenvalue weighted by Crippen LogP contribution is -2.07. The van der Waals surface area contributed by atoms with Crippen LogP contribution in [0.15, 0.2) is 46.9 Å². The van der Waals surface area contributed by atoms with Gasteiger partial charge < -0.3 is 19.2 Å². The van der Waals surface area contributed by atoms with Crippen molar-refractivity contribution in [2.75, 3.05) is 12.4 Å². The quantitative estimate of drug-likeness (QED) is 0.782. The second-order valence-electron chi connectivity index (χ2n) is 4.91. The molecule has 0 aliphatic rings. The van der Waals surface area contributed by atoms with Gasteiger partial charge in [-0.05, 0) is 24.3 Å². The fourth-order valence-electron chi connectivity index (χ4n) is 2.18. The summed E-state index contributed by atoms with van der Waals surface area (Å²) < 4.78 is 16.5. The molecule has 0 fully saturated rings. The number of aromatic nitrogens is 1. The highest BCUT2D eigenvalue weighted by Gasteiger charge is 2.09. The Hall–Kier alpha value is -3.02. The van der Waals surface area contributed by atoms with E-state index in [4.69, 9.17) is 13.9 Å². The molecule has 0 saturated carbocycles. The van der Waals surface area contributed by atoms with Gasteiger partial charge >= 0.3 is 0 Å². The van der Waals surface area contributed by atoms with Gasteiger partial charge in [-0.3, -0.25) is 4.79 Å². The molecule has 0 atom stereocenters. The maximum Gasteiger partial charge on any atom is 0.233 e. The first-order valence-corrected chi connectivity index (χ1v) is 7.08. The van der Waals surface area contributed by atoms with E-state index in [1.807, 2.05) is 24.3 Å². The lowest BCUT2D eigenvalue weighted by Gasteiger charge is -2.11. The molecule has 23 heavy (non-hydrogen) atoms. The van der Waals surface area contributed by atoms with Gasteiger partial charge in [0.05, 0.1) is 12.8 Å². The number of oxazole rings is 1. The van der Waals surface area contributed by atoms with Gasteiger partial charge in [0.1, 0.15) is 17.0 Å². The van der Waals surface area contributed by atoms with E-state index in [-0.39, 0.29) is 12.5 Å². The number of ether oxygens (including phenoxy) is 2. The maximum absolute atomic E-state index is 11.1. The first-order valence-electron chi connectivity index (χ1n) is 7.08. The van der Waals surface area contributed by atoms with Crippen LogP contribution >= 0.6 is 0 Å². The molecule has 3 aromatic rings. The predicted molar refractivity (Wildman–Crippen MR) is 85.6 cm³/mol. The zero-order valence-corrected chi connectivity index (χ0v) is 12.8. The molecule has 1 amide bonds. The number of methoxy groups -OCH3 is 1. The van der Waals surface area contributed by atoms with E-state index >= 15 is 0 Å². The summed E-state index contributed by atoms with van der Waals surface area (Å²) in [5.41, 5.74) is 2.11. The lowest BCUT2D eigenvalue weighted by molar-refractivity contribution is -0.114. The van der Waals surface area contributed by atoms with E-state index in [0.29, 0.717) is 23.1 Å². The van der Waals surface area contributed by atoms with Crippen molar-refractivity contribution in [2.24, 2.45) is 0 Å². The fourth-order valence-corrected chi connectivity index (χ4v) is 2.18. The second kappa shape index (κ2) is 6.39. The van der Waals surface area contributed by atoms with Crippen LogP contribution < -0.4 is 14.8 Å². The van der Waals surface area contributed by atoms with Crippen molar-refractivity contribution in [3.63, 3.8) is 0 Å². The van der Waals surface area contributed by atoms with Crippen LogP contribution in [0.3, 0.4) is 0 Å². The second-order valence-corrected chi connectivity index (χ2v) is 4.91. The number of rotatable bonds is 5. The van der Waals surface area contributed by atoms with Crippen LogP contribution in [0, 0.1) is 0 Å². The van der Waals surface area contributed by atoms with Crippen molar-refractivity contribution in [3.05, 3.63) is 48.4 Å². The SMILES string of the molecule is COc1cc(OCc2nc3ccccc3o2)ccc1NC(C)=O. The lowest BCUT2D eigenvalue weighted by atomic mass is 10.2. The molecular formula is C17H16N2O4. The number of para-hydroxylation sites is 2. The highest BCUT2D eigenvalue weighted by Crippen LogP contribution is 2.29. The largest absolute Gasteiger partial charge is 0.494 e. The first-order chi connectivity index (χ1) is 11.2. The zero-order chi connectivity index (χ0) is 16.2. The number of carbonyl (C=O) groups excluding carboxylic acids is 1. The van der Waals surface area contributed by atoms with E-state index in [9.17, 15) is 4.79 Å². The predicted octanol–water partition coefficient (Wildman–Crippen LogP) is 3.37. The Morgan fingerprint density at radius 3 is 2.83 bits per heavy atom. The van der Waals surface area contributed by atoms with Gasteiger partial charge in [0.2, 0.25) is 11.8 Å². The van der Waals surface area contributed by atoms with E-state index in [2.05, 4.69) is 10.3 Å². The maximum atomic E-state index is 11.1. The van der Waals surface area contributed by atoms with Gasteiger partial charge in [0, 0.05) is 13.0 Å². The molecule has 0 saturated heterocycles. The number of fused-ring (bicyclic) bond motifs is 1. The van der Waals surface area contributed by atoms with Crippen molar-refractivity contribution in [1.82, 2.24) is 4.98 Å². The summed E-state index contributed by atoms with van der Waals surface area (Å²) in [4.78, 5) is 15.5. The van der Waals surface area contributed by atoms with Crippen LogP contribution in [-0.4, -0.2) is 18.0 Å². The highest BCUT2D eigenvalue weighted by atomic mass is 16.5. The molecular weight excluding hydrogens is 296 g/mol. The fraction of sp³-hybridized carbons (Fsp3) is 0.176. The molecule has 118 valence electrons. The minimum Gasteiger partial charge on any atom is -0.494 e. The van der Waals surface area contributed by atoms with Gasteiger partial charge in [-0.15, -0.1) is 0 Å². The third-order valence-electron chi connectivity index (χ3n) is 3.18. The number of amides is 1. The standard InChI is InChI=1S/C17H16N2O4/c1-11(20)18-14-8-7-12(9-16(14)21-2)22-10-17-19-13-5-3-4-6-15(13)23-17/h3-9H,10H2,1-2H3,(H,18,20). The number of hydrogen-bond acceptors (Lipinski definition) is 5. The highest BCUT2D eigenvalue weighted by molar-refractivity contribution is 5.90. The monoisotopic (exact) mass is 312 g/mol. The van der Waals surface area contributed by atoms with Gasteiger partial charge in [0.15, 0.2) is 12.2 Å². The minimum atomic E-state index is -0.163. The van der Waals surface area contributed by atoms with E-state index < -0.39 is 0 Å². The summed E-state index contributed by atoms with van der Waals surface area (Å²) in [7, 11) is 1.53. The van der Waals surface area contributed by atoms with Crippen molar-refractivity contribution in [2.45, 2.75) is 13.5 Å². The van der Waals surface area contributed by atoms with Crippen molar-refractivity contribution < 1.29 is 18.7 Å². The molecule has 1 N–H and O–H groups in total. The van der Waals surface area contributed by atoms with Crippen LogP contribution in [0.25, 0.3) is 11.1 Å². The Balaban J connectivity index is 1.73. The summed E-state index contributed by atoms with van der Waals surface area (Å²) in [6, 6.07) is 12.7. The summed E-state index contributed by atoms with van der Waals surface area (Å²) in [5, 5.41) is 2.69. The van der Waals surface area contributed by atoms with Gasteiger partial charge in [-0.2, -0.15) is 0 Å². The minimum absolute atomic E-state index is 0.163. The van der Waals surface area contributed by atoms with Gasteiger partial charge in [0.25, 0.3) is 0 Å². The summed E-state index contributed by atoms with van der Waals surface area (Å²) in [6.07, 6.45) is 0. The van der Waals surface area contributed by atoms with Gasteiger partial charge in [-0.25, -0.2) is 4.98 Å². The molecule has 6 nitrogen and oxygen atoms in total. The molecule has 1 aromatic heterocycles. The molecule has 0 aliphatic carbocycles. The van der Waals surface area contributed by atoms with Crippen LogP contribution in [-0.2, 0) is 11.4 Å². The van der Waals surface area contributed by atoms with Crippen molar-refractivity contribution >= 4 is 22.7 Å². The molecule has 1 heterocycles. The molecule has 0 aliphatic heterocycles. The van der Waals surface area contributed by atoms with Crippen LogP contribution in [0.2, 0.25) is 0 Å². The zero-order valence-electron chi connectivity index (χ0n) is 12.8. The molecule has 6 heteroatoms. The van der Waals surface area contributed by atoms with Crippen molar-refractivity contribution in [3.8, 4) is 11.5 Å². The first kappa shape index (κ1) is 14.9.